The Hall–Kier alpha value is -1.72. The van der Waals surface area contributed by atoms with Crippen LogP contribution in [0.15, 0.2) is 46.9 Å². The smallest absolute Gasteiger partial charge is 0.243 e. The number of ether oxygens (including phenoxy) is 1. The van der Waals surface area contributed by atoms with Crippen molar-refractivity contribution in [2.75, 3.05) is 24.3 Å². The fraction of sp³-hybridized carbons (Fsp3) is 0.133. The molecule has 1 amide bonds. The number of amides is 1. The summed E-state index contributed by atoms with van der Waals surface area (Å²) in [6, 6.07) is 12.7. The summed E-state index contributed by atoms with van der Waals surface area (Å²) in [5, 5.41) is 6.35. The molecule has 2 rings (SSSR count). The van der Waals surface area contributed by atoms with Crippen molar-refractivity contribution in [1.82, 2.24) is 0 Å². The van der Waals surface area contributed by atoms with Crippen molar-refractivity contribution in [3.05, 3.63) is 52.0 Å². The van der Waals surface area contributed by atoms with Gasteiger partial charge in [-0.2, -0.15) is 0 Å². The molecule has 6 heteroatoms. The number of hydrogen-bond donors (Lipinski definition) is 2. The molecular formula is C15H14BrClN2O2. The number of rotatable bonds is 5. The Labute approximate surface area is 136 Å². The summed E-state index contributed by atoms with van der Waals surface area (Å²) in [5.41, 5.74) is 1.51. The van der Waals surface area contributed by atoms with Crippen molar-refractivity contribution in [3.8, 4) is 5.75 Å². The Morgan fingerprint density at radius 3 is 2.76 bits per heavy atom. The molecule has 0 heterocycles. The normalized spacial score (nSPS) is 10.0. The molecule has 21 heavy (non-hydrogen) atoms. The van der Waals surface area contributed by atoms with Crippen LogP contribution in [0.5, 0.6) is 5.75 Å². The standard InChI is InChI=1S/C15H14BrClN2O2/c1-21-14-8-11(5-6-13(14)17)18-9-15(20)19-12-4-2-3-10(16)7-12/h2-8,18H,9H2,1H3,(H,19,20). The van der Waals surface area contributed by atoms with Gasteiger partial charge < -0.3 is 15.4 Å². The van der Waals surface area contributed by atoms with Crippen LogP contribution in [-0.2, 0) is 4.79 Å². The molecule has 110 valence electrons. The van der Waals surface area contributed by atoms with Crippen LogP contribution < -0.4 is 15.4 Å². The second-order valence-electron chi connectivity index (χ2n) is 4.26. The van der Waals surface area contributed by atoms with Crippen molar-refractivity contribution in [1.29, 1.82) is 0 Å². The first-order valence-electron chi connectivity index (χ1n) is 6.21. The van der Waals surface area contributed by atoms with Gasteiger partial charge in [0.1, 0.15) is 5.75 Å². The molecule has 0 saturated heterocycles. The first-order valence-corrected chi connectivity index (χ1v) is 7.38. The summed E-state index contributed by atoms with van der Waals surface area (Å²) in [6.07, 6.45) is 0. The number of carbonyl (C=O) groups excluding carboxylic acids is 1. The predicted molar refractivity (Wildman–Crippen MR) is 89.3 cm³/mol. The molecule has 0 aliphatic carbocycles. The summed E-state index contributed by atoms with van der Waals surface area (Å²) in [4.78, 5) is 11.9. The van der Waals surface area contributed by atoms with Gasteiger partial charge in [0.15, 0.2) is 0 Å². The van der Waals surface area contributed by atoms with Crippen molar-refractivity contribution in [2.45, 2.75) is 0 Å². The van der Waals surface area contributed by atoms with E-state index in [9.17, 15) is 4.79 Å². The second-order valence-corrected chi connectivity index (χ2v) is 5.58. The maximum Gasteiger partial charge on any atom is 0.243 e. The molecule has 0 fully saturated rings. The third-order valence-electron chi connectivity index (χ3n) is 2.71. The predicted octanol–water partition coefficient (Wildman–Crippen LogP) is 4.16. The fourth-order valence-electron chi connectivity index (χ4n) is 1.72. The van der Waals surface area contributed by atoms with Gasteiger partial charge in [-0.15, -0.1) is 0 Å². The Kier molecular flexibility index (Phi) is 5.47. The van der Waals surface area contributed by atoms with Gasteiger partial charge in [0.05, 0.1) is 18.7 Å². The van der Waals surface area contributed by atoms with E-state index in [1.54, 1.807) is 25.3 Å². The molecule has 0 aromatic heterocycles. The number of methoxy groups -OCH3 is 1. The van der Waals surface area contributed by atoms with E-state index >= 15 is 0 Å². The first kappa shape index (κ1) is 15.7. The summed E-state index contributed by atoms with van der Waals surface area (Å²) in [6.45, 7) is 0.150. The molecule has 0 bridgehead atoms. The summed E-state index contributed by atoms with van der Waals surface area (Å²) in [5.74, 6) is 0.427. The highest BCUT2D eigenvalue weighted by atomic mass is 79.9. The number of anilines is 2. The van der Waals surface area contributed by atoms with Crippen molar-refractivity contribution in [3.63, 3.8) is 0 Å². The van der Waals surface area contributed by atoms with Crippen molar-refractivity contribution in [2.24, 2.45) is 0 Å². The van der Waals surface area contributed by atoms with Crippen LogP contribution in [0.1, 0.15) is 0 Å². The third kappa shape index (κ3) is 4.65. The lowest BCUT2D eigenvalue weighted by Crippen LogP contribution is -2.21. The summed E-state index contributed by atoms with van der Waals surface area (Å²) >= 11 is 9.30. The maximum absolute atomic E-state index is 11.9. The van der Waals surface area contributed by atoms with E-state index in [1.807, 2.05) is 24.3 Å². The van der Waals surface area contributed by atoms with Crippen LogP contribution in [0.2, 0.25) is 5.02 Å². The fourth-order valence-corrected chi connectivity index (χ4v) is 2.32. The van der Waals surface area contributed by atoms with Gasteiger partial charge in [-0.1, -0.05) is 33.6 Å². The highest BCUT2D eigenvalue weighted by molar-refractivity contribution is 9.10. The average Bonchev–Trinajstić information content (AvgIpc) is 2.46. The molecule has 0 saturated carbocycles. The van der Waals surface area contributed by atoms with E-state index < -0.39 is 0 Å². The van der Waals surface area contributed by atoms with Gasteiger partial charge in [0.25, 0.3) is 0 Å². The quantitative estimate of drug-likeness (QED) is 0.832. The van der Waals surface area contributed by atoms with Crippen LogP contribution in [0.25, 0.3) is 0 Å². The topological polar surface area (TPSA) is 50.4 Å². The van der Waals surface area contributed by atoms with Gasteiger partial charge in [0.2, 0.25) is 5.91 Å². The van der Waals surface area contributed by atoms with E-state index in [-0.39, 0.29) is 12.5 Å². The Morgan fingerprint density at radius 2 is 2.05 bits per heavy atom. The minimum absolute atomic E-state index is 0.137. The number of hydrogen-bond acceptors (Lipinski definition) is 3. The lowest BCUT2D eigenvalue weighted by Gasteiger charge is -2.10. The van der Waals surface area contributed by atoms with Crippen molar-refractivity contribution >= 4 is 44.8 Å². The molecule has 2 N–H and O–H groups in total. The zero-order valence-electron chi connectivity index (χ0n) is 11.3. The minimum Gasteiger partial charge on any atom is -0.495 e. The molecular weight excluding hydrogens is 356 g/mol. The molecule has 0 radical (unpaired) electrons. The van der Waals surface area contributed by atoms with E-state index in [0.717, 1.165) is 15.8 Å². The molecule has 0 aliphatic rings. The third-order valence-corrected chi connectivity index (χ3v) is 3.52. The van der Waals surface area contributed by atoms with Gasteiger partial charge >= 0.3 is 0 Å². The minimum atomic E-state index is -0.137. The monoisotopic (exact) mass is 368 g/mol. The maximum atomic E-state index is 11.9. The SMILES string of the molecule is COc1cc(NCC(=O)Nc2cccc(Br)c2)ccc1Cl. The zero-order valence-corrected chi connectivity index (χ0v) is 13.7. The molecule has 0 spiro atoms. The van der Waals surface area contributed by atoms with Gasteiger partial charge in [0, 0.05) is 21.9 Å². The second kappa shape index (κ2) is 7.33. The first-order chi connectivity index (χ1) is 10.1. The molecule has 0 aliphatic heterocycles. The van der Waals surface area contributed by atoms with E-state index in [0.29, 0.717) is 10.8 Å². The Bertz CT molecular complexity index is 649. The zero-order chi connectivity index (χ0) is 15.2. The largest absolute Gasteiger partial charge is 0.495 e. The van der Waals surface area contributed by atoms with Gasteiger partial charge in [-0.05, 0) is 30.3 Å². The van der Waals surface area contributed by atoms with E-state index in [1.165, 1.54) is 0 Å². The summed E-state index contributed by atoms with van der Waals surface area (Å²) < 4.78 is 6.04. The molecule has 0 atom stereocenters. The van der Waals surface area contributed by atoms with Crippen LogP contribution >= 0.6 is 27.5 Å². The number of halogens is 2. The highest BCUT2D eigenvalue weighted by Crippen LogP contribution is 2.27. The van der Waals surface area contributed by atoms with E-state index in [2.05, 4.69) is 26.6 Å². The lowest BCUT2D eigenvalue weighted by molar-refractivity contribution is -0.114. The van der Waals surface area contributed by atoms with Crippen molar-refractivity contribution < 1.29 is 9.53 Å². The van der Waals surface area contributed by atoms with E-state index in [4.69, 9.17) is 16.3 Å². The van der Waals surface area contributed by atoms with Gasteiger partial charge in [-0.25, -0.2) is 0 Å². The number of nitrogens with one attached hydrogen (secondary N) is 2. The van der Waals surface area contributed by atoms with Crippen LogP contribution in [0, 0.1) is 0 Å². The molecule has 2 aromatic carbocycles. The van der Waals surface area contributed by atoms with Crippen LogP contribution in [-0.4, -0.2) is 19.6 Å². The van der Waals surface area contributed by atoms with Crippen LogP contribution in [0.3, 0.4) is 0 Å². The van der Waals surface area contributed by atoms with Crippen LogP contribution in [0.4, 0.5) is 11.4 Å². The average molecular weight is 370 g/mol. The molecule has 2 aromatic rings. The molecule has 0 unspecified atom stereocenters. The number of carbonyl (C=O) groups is 1. The lowest BCUT2D eigenvalue weighted by atomic mass is 10.3. The number of benzene rings is 2. The Morgan fingerprint density at radius 1 is 1.24 bits per heavy atom. The molecule has 4 nitrogen and oxygen atoms in total. The van der Waals surface area contributed by atoms with Gasteiger partial charge in [-0.3, -0.25) is 4.79 Å². The highest BCUT2D eigenvalue weighted by Gasteiger charge is 2.05. The summed E-state index contributed by atoms with van der Waals surface area (Å²) in [7, 11) is 1.55. The Balaban J connectivity index is 1.92.